The third-order valence-corrected chi connectivity index (χ3v) is 4.36. The molecule has 0 aliphatic rings. The summed E-state index contributed by atoms with van der Waals surface area (Å²) in [7, 11) is 2.14. The third-order valence-electron chi connectivity index (χ3n) is 2.54. The Hall–Kier alpha value is -0.780. The van der Waals surface area contributed by atoms with Gasteiger partial charge in [0, 0.05) is 18.0 Å². The van der Waals surface area contributed by atoms with Crippen molar-refractivity contribution in [3.05, 3.63) is 32.5 Å². The van der Waals surface area contributed by atoms with Crippen LogP contribution in [0.1, 0.15) is 21.0 Å². The number of aryl methyl sites for hydroxylation is 2. The van der Waals surface area contributed by atoms with E-state index in [-0.39, 0.29) is 0 Å². The molecule has 2 rings (SSSR count). The van der Waals surface area contributed by atoms with E-state index >= 15 is 0 Å². The van der Waals surface area contributed by atoms with Gasteiger partial charge >= 0.3 is 0 Å². The second-order valence-electron chi connectivity index (χ2n) is 3.98. The van der Waals surface area contributed by atoms with Crippen LogP contribution < -0.4 is 0 Å². The molecule has 0 saturated carbocycles. The molecule has 0 saturated heterocycles. The third kappa shape index (κ3) is 2.66. The average molecular weight is 253 g/mol. The summed E-state index contributed by atoms with van der Waals surface area (Å²) in [6.07, 6.45) is 0. The molecule has 5 heteroatoms. The molecule has 2 aromatic rings. The molecular formula is C11H15N3S2. The molecule has 0 aliphatic heterocycles. The van der Waals surface area contributed by atoms with Gasteiger partial charge in [-0.2, -0.15) is 0 Å². The summed E-state index contributed by atoms with van der Waals surface area (Å²) in [5.74, 6) is 0. The molecule has 0 aliphatic carbocycles. The van der Waals surface area contributed by atoms with E-state index in [1.807, 2.05) is 18.3 Å². The first kappa shape index (κ1) is 11.7. The van der Waals surface area contributed by atoms with E-state index in [1.54, 1.807) is 0 Å². The van der Waals surface area contributed by atoms with Crippen molar-refractivity contribution in [1.29, 1.82) is 0 Å². The second kappa shape index (κ2) is 5.03. The number of aromatic nitrogens is 2. The largest absolute Gasteiger partial charge is 0.296 e. The first-order valence-corrected chi connectivity index (χ1v) is 6.81. The molecule has 0 aromatic carbocycles. The van der Waals surface area contributed by atoms with E-state index in [1.165, 1.54) is 26.9 Å². The maximum atomic E-state index is 4.03. The van der Waals surface area contributed by atoms with E-state index < -0.39 is 0 Å². The van der Waals surface area contributed by atoms with Crippen LogP contribution in [0.4, 0.5) is 0 Å². The van der Waals surface area contributed by atoms with Gasteiger partial charge in [-0.15, -0.1) is 16.4 Å². The zero-order valence-electron chi connectivity index (χ0n) is 9.73. The molecule has 0 amide bonds. The van der Waals surface area contributed by atoms with Crippen molar-refractivity contribution in [2.24, 2.45) is 0 Å². The van der Waals surface area contributed by atoms with Gasteiger partial charge in [0.2, 0.25) is 0 Å². The minimum atomic E-state index is 0.931. The Morgan fingerprint density at radius 1 is 1.25 bits per heavy atom. The molecule has 86 valence electrons. The molecule has 0 spiro atoms. The highest BCUT2D eigenvalue weighted by molar-refractivity contribution is 7.10. The number of nitrogens with zero attached hydrogens (tertiary/aromatic N) is 3. The van der Waals surface area contributed by atoms with Crippen molar-refractivity contribution in [2.45, 2.75) is 26.9 Å². The van der Waals surface area contributed by atoms with Crippen LogP contribution in [0.5, 0.6) is 0 Å². The molecule has 0 bridgehead atoms. The smallest absolute Gasteiger partial charge is 0.0769 e. The molecule has 0 atom stereocenters. The Labute approximate surface area is 104 Å². The van der Waals surface area contributed by atoms with Crippen molar-refractivity contribution in [1.82, 2.24) is 14.5 Å². The van der Waals surface area contributed by atoms with Crippen LogP contribution in [-0.4, -0.2) is 21.5 Å². The van der Waals surface area contributed by atoms with Crippen molar-refractivity contribution < 1.29 is 0 Å². The predicted molar refractivity (Wildman–Crippen MR) is 68.9 cm³/mol. The van der Waals surface area contributed by atoms with E-state index in [0.29, 0.717) is 0 Å². The highest BCUT2D eigenvalue weighted by Crippen LogP contribution is 2.19. The van der Waals surface area contributed by atoms with Gasteiger partial charge < -0.3 is 0 Å². The second-order valence-corrected chi connectivity index (χ2v) is 5.82. The highest BCUT2D eigenvalue weighted by Gasteiger charge is 2.09. The van der Waals surface area contributed by atoms with Crippen molar-refractivity contribution in [3.63, 3.8) is 0 Å². The van der Waals surface area contributed by atoms with Crippen molar-refractivity contribution in [3.8, 4) is 0 Å². The van der Waals surface area contributed by atoms with Crippen LogP contribution in [0.25, 0.3) is 0 Å². The van der Waals surface area contributed by atoms with Crippen LogP contribution in [0.3, 0.4) is 0 Å². The molecule has 0 N–H and O–H groups in total. The molecule has 3 nitrogen and oxygen atoms in total. The Morgan fingerprint density at radius 2 is 2.00 bits per heavy atom. The quantitative estimate of drug-likeness (QED) is 0.839. The van der Waals surface area contributed by atoms with Gasteiger partial charge in [-0.1, -0.05) is 4.49 Å². The highest BCUT2D eigenvalue weighted by atomic mass is 32.1. The topological polar surface area (TPSA) is 29.0 Å². The fraction of sp³-hybridized carbons (Fsp3) is 0.455. The SMILES string of the molecule is Cc1ccsc1CN(C)Cc1snnc1C. The van der Waals surface area contributed by atoms with Gasteiger partial charge in [-0.3, -0.25) is 4.90 Å². The molecule has 2 heterocycles. The lowest BCUT2D eigenvalue weighted by Gasteiger charge is -2.15. The van der Waals surface area contributed by atoms with Gasteiger partial charge in [0.05, 0.1) is 10.6 Å². The lowest BCUT2D eigenvalue weighted by atomic mass is 10.3. The van der Waals surface area contributed by atoms with Crippen molar-refractivity contribution in [2.75, 3.05) is 7.05 Å². The van der Waals surface area contributed by atoms with E-state index in [4.69, 9.17) is 0 Å². The lowest BCUT2D eigenvalue weighted by Crippen LogP contribution is -2.16. The van der Waals surface area contributed by atoms with E-state index in [9.17, 15) is 0 Å². The van der Waals surface area contributed by atoms with Crippen LogP contribution >= 0.6 is 22.9 Å². The van der Waals surface area contributed by atoms with Crippen molar-refractivity contribution >= 4 is 22.9 Å². The summed E-state index contributed by atoms with van der Waals surface area (Å²) in [5, 5.41) is 6.18. The van der Waals surface area contributed by atoms with Gasteiger partial charge in [-0.05, 0) is 49.4 Å². The van der Waals surface area contributed by atoms with Crippen LogP contribution in [0.2, 0.25) is 0 Å². The van der Waals surface area contributed by atoms with E-state index in [0.717, 1.165) is 18.8 Å². The summed E-state index contributed by atoms with van der Waals surface area (Å²) in [5.41, 5.74) is 2.44. The Bertz CT molecular complexity index is 419. The zero-order chi connectivity index (χ0) is 11.5. The van der Waals surface area contributed by atoms with Gasteiger partial charge in [0.25, 0.3) is 0 Å². The fourth-order valence-electron chi connectivity index (χ4n) is 1.51. The summed E-state index contributed by atoms with van der Waals surface area (Å²) in [6, 6.07) is 2.17. The minimum absolute atomic E-state index is 0.931. The number of hydrogen-bond donors (Lipinski definition) is 0. The lowest BCUT2D eigenvalue weighted by molar-refractivity contribution is 0.323. The standard InChI is InChI=1S/C11H15N3S2/c1-8-4-5-15-10(8)6-14(3)7-11-9(2)12-13-16-11/h4-5H,6-7H2,1-3H3. The van der Waals surface area contributed by atoms with Crippen LogP contribution in [0, 0.1) is 13.8 Å². The zero-order valence-corrected chi connectivity index (χ0v) is 11.4. The Balaban J connectivity index is 1.97. The number of hydrogen-bond acceptors (Lipinski definition) is 5. The molecule has 16 heavy (non-hydrogen) atoms. The average Bonchev–Trinajstić information content (AvgIpc) is 2.79. The maximum absolute atomic E-state index is 4.03. The molecule has 0 unspecified atom stereocenters. The molecular weight excluding hydrogens is 238 g/mol. The summed E-state index contributed by atoms with van der Waals surface area (Å²) >= 11 is 3.32. The summed E-state index contributed by atoms with van der Waals surface area (Å²) < 4.78 is 3.96. The van der Waals surface area contributed by atoms with Gasteiger partial charge in [-0.25, -0.2) is 0 Å². The molecule has 0 radical (unpaired) electrons. The van der Waals surface area contributed by atoms with Crippen LogP contribution in [0.15, 0.2) is 11.4 Å². The van der Waals surface area contributed by atoms with E-state index in [2.05, 4.69) is 39.9 Å². The monoisotopic (exact) mass is 253 g/mol. The molecule has 2 aromatic heterocycles. The van der Waals surface area contributed by atoms with Crippen LogP contribution in [-0.2, 0) is 13.1 Å². The minimum Gasteiger partial charge on any atom is -0.296 e. The predicted octanol–water partition coefficient (Wildman–Crippen LogP) is 2.85. The number of rotatable bonds is 4. The fourth-order valence-corrected chi connectivity index (χ4v) is 3.21. The number of thiophene rings is 1. The Morgan fingerprint density at radius 3 is 2.56 bits per heavy atom. The maximum Gasteiger partial charge on any atom is 0.0769 e. The first-order valence-electron chi connectivity index (χ1n) is 5.16. The summed E-state index contributed by atoms with van der Waals surface area (Å²) in [6.45, 7) is 6.12. The van der Waals surface area contributed by atoms with Gasteiger partial charge in [0.15, 0.2) is 0 Å². The molecule has 0 fully saturated rings. The normalized spacial score (nSPS) is 11.2. The summed E-state index contributed by atoms with van der Waals surface area (Å²) in [4.78, 5) is 5.01. The Kier molecular flexibility index (Phi) is 3.68. The van der Waals surface area contributed by atoms with Gasteiger partial charge in [0.1, 0.15) is 0 Å². The first-order chi connectivity index (χ1) is 7.66.